The average molecular weight is 461 g/mol. The fourth-order valence-electron chi connectivity index (χ4n) is 7.16. The van der Waals surface area contributed by atoms with Gasteiger partial charge in [0.25, 0.3) is 0 Å². The molecule has 184 valence electrons. The van der Waals surface area contributed by atoms with Crippen molar-refractivity contribution in [2.24, 2.45) is 23.7 Å². The van der Waals surface area contributed by atoms with Crippen molar-refractivity contribution in [1.82, 2.24) is 0 Å². The van der Waals surface area contributed by atoms with Gasteiger partial charge < -0.3 is 4.74 Å². The molecular formula is C29H42F2O2. The summed E-state index contributed by atoms with van der Waals surface area (Å²) in [6.07, 6.45) is 13.7. The summed E-state index contributed by atoms with van der Waals surface area (Å²) in [6, 6.07) is 3.57. The molecule has 0 aromatic heterocycles. The van der Waals surface area contributed by atoms with Crippen molar-refractivity contribution in [3.05, 3.63) is 34.9 Å². The molecule has 0 saturated heterocycles. The van der Waals surface area contributed by atoms with E-state index >= 15 is 0 Å². The molecule has 1 aromatic carbocycles. The van der Waals surface area contributed by atoms with E-state index in [-0.39, 0.29) is 23.9 Å². The van der Waals surface area contributed by atoms with Gasteiger partial charge >= 0.3 is 5.97 Å². The SMILES string of the molecule is CCCCCc1ccc(C2CCC(OC(=O)C3CCC4C(CCC)CCC34)CC2)c(F)c1F. The van der Waals surface area contributed by atoms with E-state index in [1.54, 1.807) is 12.1 Å². The predicted molar refractivity (Wildman–Crippen MR) is 128 cm³/mol. The number of unbranched alkanes of at least 4 members (excludes halogenated alkanes) is 2. The molecule has 0 bridgehead atoms. The lowest BCUT2D eigenvalue weighted by molar-refractivity contribution is -0.157. The monoisotopic (exact) mass is 460 g/mol. The normalized spacial score (nSPS) is 31.5. The molecule has 0 spiro atoms. The lowest BCUT2D eigenvalue weighted by atomic mass is 9.82. The zero-order chi connectivity index (χ0) is 23.4. The summed E-state index contributed by atoms with van der Waals surface area (Å²) in [4.78, 5) is 13.0. The Balaban J connectivity index is 1.28. The van der Waals surface area contributed by atoms with Crippen molar-refractivity contribution >= 4 is 5.97 Å². The molecule has 2 nitrogen and oxygen atoms in total. The first-order chi connectivity index (χ1) is 16.0. The van der Waals surface area contributed by atoms with Gasteiger partial charge in [-0.05, 0) is 99.0 Å². The quantitative estimate of drug-likeness (QED) is 0.275. The smallest absolute Gasteiger partial charge is 0.309 e. The van der Waals surface area contributed by atoms with E-state index in [4.69, 9.17) is 4.74 Å². The second-order valence-corrected chi connectivity index (χ2v) is 10.9. The summed E-state index contributed by atoms with van der Waals surface area (Å²) >= 11 is 0. The minimum atomic E-state index is -0.663. The van der Waals surface area contributed by atoms with E-state index in [1.165, 1.54) is 32.1 Å². The van der Waals surface area contributed by atoms with Crippen LogP contribution < -0.4 is 0 Å². The van der Waals surface area contributed by atoms with Crippen LogP contribution in [-0.4, -0.2) is 12.1 Å². The van der Waals surface area contributed by atoms with Crippen LogP contribution in [0.2, 0.25) is 0 Å². The molecule has 0 N–H and O–H groups in total. The highest BCUT2D eigenvalue weighted by molar-refractivity contribution is 5.73. The van der Waals surface area contributed by atoms with Crippen LogP contribution in [0.5, 0.6) is 0 Å². The van der Waals surface area contributed by atoms with Gasteiger partial charge in [-0.3, -0.25) is 4.79 Å². The van der Waals surface area contributed by atoms with Gasteiger partial charge in [0, 0.05) is 0 Å². The Morgan fingerprint density at radius 2 is 1.64 bits per heavy atom. The lowest BCUT2D eigenvalue weighted by Crippen LogP contribution is -2.29. The fraction of sp³-hybridized carbons (Fsp3) is 0.759. The zero-order valence-electron chi connectivity index (χ0n) is 20.6. The molecule has 4 heteroatoms. The van der Waals surface area contributed by atoms with Crippen molar-refractivity contribution in [2.75, 3.05) is 0 Å². The van der Waals surface area contributed by atoms with Crippen LogP contribution in [0, 0.1) is 35.3 Å². The molecule has 33 heavy (non-hydrogen) atoms. The molecule has 3 fully saturated rings. The molecule has 0 radical (unpaired) electrons. The lowest BCUT2D eigenvalue weighted by Gasteiger charge is -2.30. The van der Waals surface area contributed by atoms with Crippen LogP contribution in [-0.2, 0) is 16.0 Å². The molecule has 0 heterocycles. The largest absolute Gasteiger partial charge is 0.462 e. The third kappa shape index (κ3) is 5.46. The third-order valence-corrected chi connectivity index (χ3v) is 8.95. The molecule has 1 aromatic rings. The maximum Gasteiger partial charge on any atom is 0.309 e. The molecular weight excluding hydrogens is 418 g/mol. The topological polar surface area (TPSA) is 26.3 Å². The number of aryl methyl sites for hydroxylation is 1. The van der Waals surface area contributed by atoms with Crippen LogP contribution in [0.3, 0.4) is 0 Å². The molecule has 3 aliphatic carbocycles. The van der Waals surface area contributed by atoms with Crippen LogP contribution in [0.25, 0.3) is 0 Å². The van der Waals surface area contributed by atoms with Gasteiger partial charge in [0.1, 0.15) is 6.10 Å². The summed E-state index contributed by atoms with van der Waals surface area (Å²) in [5, 5.41) is 0. The van der Waals surface area contributed by atoms with Crippen LogP contribution in [0.4, 0.5) is 8.78 Å². The van der Waals surface area contributed by atoms with Crippen molar-refractivity contribution < 1.29 is 18.3 Å². The van der Waals surface area contributed by atoms with Gasteiger partial charge in [0.05, 0.1) is 5.92 Å². The number of ether oxygens (including phenoxy) is 1. The summed E-state index contributed by atoms with van der Waals surface area (Å²) in [5.41, 5.74) is 0.998. The van der Waals surface area contributed by atoms with Gasteiger partial charge in [0.15, 0.2) is 11.6 Å². The minimum absolute atomic E-state index is 0.0109. The van der Waals surface area contributed by atoms with Crippen molar-refractivity contribution in [3.63, 3.8) is 0 Å². The van der Waals surface area contributed by atoms with E-state index in [0.29, 0.717) is 23.5 Å². The van der Waals surface area contributed by atoms with E-state index < -0.39 is 11.6 Å². The average Bonchev–Trinajstić information content (AvgIpc) is 3.41. The second kappa shape index (κ2) is 11.3. The van der Waals surface area contributed by atoms with Gasteiger partial charge in [-0.2, -0.15) is 0 Å². The number of carbonyl (C=O) groups is 1. The first kappa shape index (κ1) is 24.7. The van der Waals surface area contributed by atoms with Crippen molar-refractivity contribution in [3.8, 4) is 0 Å². The van der Waals surface area contributed by atoms with Gasteiger partial charge in [0.2, 0.25) is 0 Å². The number of rotatable bonds is 9. The van der Waals surface area contributed by atoms with E-state index in [9.17, 15) is 13.6 Å². The van der Waals surface area contributed by atoms with E-state index in [2.05, 4.69) is 13.8 Å². The molecule has 4 rings (SSSR count). The summed E-state index contributed by atoms with van der Waals surface area (Å²) in [5.74, 6) is 0.842. The molecule has 3 saturated carbocycles. The zero-order valence-corrected chi connectivity index (χ0v) is 20.6. The number of hydrogen-bond donors (Lipinski definition) is 0. The molecule has 0 aliphatic heterocycles. The molecule has 0 amide bonds. The van der Waals surface area contributed by atoms with E-state index in [1.807, 2.05) is 0 Å². The maximum atomic E-state index is 14.8. The van der Waals surface area contributed by atoms with Crippen LogP contribution >= 0.6 is 0 Å². The summed E-state index contributed by atoms with van der Waals surface area (Å²) < 4.78 is 35.4. The van der Waals surface area contributed by atoms with Crippen LogP contribution in [0.15, 0.2) is 12.1 Å². The molecule has 3 aliphatic rings. The second-order valence-electron chi connectivity index (χ2n) is 10.9. The first-order valence-corrected chi connectivity index (χ1v) is 13.7. The fourth-order valence-corrected chi connectivity index (χ4v) is 7.16. The highest BCUT2D eigenvalue weighted by atomic mass is 19.2. The Kier molecular flexibility index (Phi) is 8.46. The molecule has 4 unspecified atom stereocenters. The minimum Gasteiger partial charge on any atom is -0.462 e. The van der Waals surface area contributed by atoms with Crippen molar-refractivity contribution in [2.45, 2.75) is 116 Å². The van der Waals surface area contributed by atoms with E-state index in [0.717, 1.165) is 63.2 Å². The van der Waals surface area contributed by atoms with Crippen LogP contribution in [0.1, 0.15) is 114 Å². The van der Waals surface area contributed by atoms with Gasteiger partial charge in [-0.25, -0.2) is 8.78 Å². The standard InChI is InChI=1S/C29H42F2O2/c1-3-5-6-8-21-12-15-24(28(31)27(21)30)20-9-13-22(14-10-20)33-29(32)26-18-17-23-19(7-4-2)11-16-25(23)26/h12,15,19-20,22-23,25-26H,3-11,13-14,16-18H2,1-2H3. The highest BCUT2D eigenvalue weighted by Gasteiger charge is 2.47. The van der Waals surface area contributed by atoms with Gasteiger partial charge in [-0.15, -0.1) is 0 Å². The Hall–Kier alpha value is -1.45. The first-order valence-electron chi connectivity index (χ1n) is 13.7. The number of fused-ring (bicyclic) bond motifs is 1. The molecule has 4 atom stereocenters. The predicted octanol–water partition coefficient (Wildman–Crippen LogP) is 8.12. The number of carbonyl (C=O) groups excluding carboxylic acids is 1. The number of esters is 1. The highest BCUT2D eigenvalue weighted by Crippen LogP contribution is 2.52. The number of halogens is 2. The van der Waals surface area contributed by atoms with Crippen molar-refractivity contribution in [1.29, 1.82) is 0 Å². The maximum absolute atomic E-state index is 14.8. The number of hydrogen-bond acceptors (Lipinski definition) is 2. The Bertz CT molecular complexity index is 799. The Labute approximate surface area is 198 Å². The summed E-state index contributed by atoms with van der Waals surface area (Å²) in [6.45, 7) is 4.36. The Morgan fingerprint density at radius 1 is 0.879 bits per heavy atom. The van der Waals surface area contributed by atoms with Gasteiger partial charge in [-0.1, -0.05) is 51.7 Å². The summed E-state index contributed by atoms with van der Waals surface area (Å²) in [7, 11) is 0. The Morgan fingerprint density at radius 3 is 2.36 bits per heavy atom. The third-order valence-electron chi connectivity index (χ3n) is 8.95. The number of benzene rings is 1.